The van der Waals surface area contributed by atoms with Gasteiger partial charge in [-0.1, -0.05) is 31.9 Å². The molecule has 3 aromatic rings. The first-order valence-electron chi connectivity index (χ1n) is 5.70. The van der Waals surface area contributed by atoms with Crippen molar-refractivity contribution >= 4 is 65.0 Å². The molecule has 2 aromatic carbocycles. The van der Waals surface area contributed by atoms with E-state index in [1.54, 1.807) is 11.8 Å². The zero-order chi connectivity index (χ0) is 13.4. The first-order chi connectivity index (χ1) is 9.17. The fourth-order valence-corrected chi connectivity index (χ4v) is 4.49. The Kier molecular flexibility index (Phi) is 4.03. The maximum Gasteiger partial charge on any atom is 0.0366 e. The number of hydrogen-bond donors (Lipinski definition) is 0. The summed E-state index contributed by atoms with van der Waals surface area (Å²) in [6, 6.07) is 15.2. The Bertz CT molecular complexity index is 747. The predicted octanol–water partition coefficient (Wildman–Crippen LogP) is 6.82. The second-order valence-electron chi connectivity index (χ2n) is 4.14. The highest BCUT2D eigenvalue weighted by Crippen LogP contribution is 2.39. The molecule has 0 spiro atoms. The molecular formula is C15H10Br2S2. The van der Waals surface area contributed by atoms with Crippen LogP contribution in [-0.2, 0) is 0 Å². The Balaban J connectivity index is 2.21. The summed E-state index contributed by atoms with van der Waals surface area (Å²) in [5, 5.41) is 1.29. The molecule has 0 aliphatic heterocycles. The van der Waals surface area contributed by atoms with Gasteiger partial charge < -0.3 is 0 Å². The molecule has 0 unspecified atom stereocenters. The minimum absolute atomic E-state index is 1.12. The second kappa shape index (κ2) is 5.60. The average molecular weight is 414 g/mol. The molecule has 19 heavy (non-hydrogen) atoms. The SMILES string of the molecule is CSc1ccc(Br)cc1-c1cc2cc(Br)ccc2s1. The number of hydrogen-bond acceptors (Lipinski definition) is 2. The summed E-state index contributed by atoms with van der Waals surface area (Å²) in [5.74, 6) is 0. The minimum Gasteiger partial charge on any atom is -0.135 e. The van der Waals surface area contributed by atoms with Gasteiger partial charge in [0.1, 0.15) is 0 Å². The van der Waals surface area contributed by atoms with E-state index in [9.17, 15) is 0 Å². The molecule has 0 radical (unpaired) electrons. The first-order valence-corrected chi connectivity index (χ1v) is 9.33. The predicted molar refractivity (Wildman–Crippen MR) is 94.4 cm³/mol. The van der Waals surface area contributed by atoms with Crippen molar-refractivity contribution in [3.63, 3.8) is 0 Å². The normalized spacial score (nSPS) is 11.1. The third kappa shape index (κ3) is 2.77. The van der Waals surface area contributed by atoms with Gasteiger partial charge in [-0.15, -0.1) is 23.1 Å². The van der Waals surface area contributed by atoms with E-state index >= 15 is 0 Å². The highest BCUT2D eigenvalue weighted by Gasteiger charge is 2.09. The molecule has 4 heteroatoms. The van der Waals surface area contributed by atoms with E-state index in [4.69, 9.17) is 0 Å². The lowest BCUT2D eigenvalue weighted by atomic mass is 10.1. The van der Waals surface area contributed by atoms with E-state index in [0.717, 1.165) is 8.95 Å². The molecular weight excluding hydrogens is 404 g/mol. The van der Waals surface area contributed by atoms with Crippen molar-refractivity contribution < 1.29 is 0 Å². The van der Waals surface area contributed by atoms with Crippen LogP contribution in [0.25, 0.3) is 20.5 Å². The van der Waals surface area contributed by atoms with Gasteiger partial charge in [-0.3, -0.25) is 0 Å². The Morgan fingerprint density at radius 2 is 1.68 bits per heavy atom. The molecule has 96 valence electrons. The molecule has 0 atom stereocenters. The van der Waals surface area contributed by atoms with Crippen molar-refractivity contribution in [3.8, 4) is 10.4 Å². The third-order valence-corrected chi connectivity index (χ3v) is 5.84. The van der Waals surface area contributed by atoms with Crippen LogP contribution in [0.1, 0.15) is 0 Å². The Morgan fingerprint density at radius 1 is 0.947 bits per heavy atom. The van der Waals surface area contributed by atoms with Crippen LogP contribution in [0.2, 0.25) is 0 Å². The lowest BCUT2D eigenvalue weighted by molar-refractivity contribution is 1.45. The van der Waals surface area contributed by atoms with Gasteiger partial charge in [0.05, 0.1) is 0 Å². The summed E-state index contributed by atoms with van der Waals surface area (Å²) in [7, 11) is 0. The monoisotopic (exact) mass is 412 g/mol. The van der Waals surface area contributed by atoms with Gasteiger partial charge in [0.25, 0.3) is 0 Å². The summed E-state index contributed by atoms with van der Waals surface area (Å²) in [6.45, 7) is 0. The number of halogens is 2. The summed E-state index contributed by atoms with van der Waals surface area (Å²) in [6.07, 6.45) is 2.12. The molecule has 0 saturated heterocycles. The molecule has 0 N–H and O–H groups in total. The standard InChI is InChI=1S/C15H10Br2S2/c1-18-14-5-3-11(17)8-12(14)15-7-9-6-10(16)2-4-13(9)19-15/h2-8H,1H3. The largest absolute Gasteiger partial charge is 0.135 e. The molecule has 0 aliphatic rings. The Labute approximate surface area is 137 Å². The molecule has 0 aliphatic carbocycles. The third-order valence-electron chi connectivity index (χ3n) is 2.91. The van der Waals surface area contributed by atoms with E-state index in [1.165, 1.54) is 25.4 Å². The molecule has 0 bridgehead atoms. The highest BCUT2D eigenvalue weighted by atomic mass is 79.9. The van der Waals surface area contributed by atoms with E-state index < -0.39 is 0 Å². The highest BCUT2D eigenvalue weighted by molar-refractivity contribution is 9.10. The van der Waals surface area contributed by atoms with Gasteiger partial charge in [-0.25, -0.2) is 0 Å². The maximum absolute atomic E-state index is 3.57. The van der Waals surface area contributed by atoms with Crippen LogP contribution in [0.4, 0.5) is 0 Å². The van der Waals surface area contributed by atoms with Crippen molar-refractivity contribution in [1.29, 1.82) is 0 Å². The zero-order valence-corrected chi connectivity index (χ0v) is 14.9. The zero-order valence-electron chi connectivity index (χ0n) is 10.1. The van der Waals surface area contributed by atoms with Crippen molar-refractivity contribution in [1.82, 2.24) is 0 Å². The number of benzene rings is 2. The average Bonchev–Trinajstić information content (AvgIpc) is 2.81. The van der Waals surface area contributed by atoms with Crippen LogP contribution >= 0.6 is 55.0 Å². The van der Waals surface area contributed by atoms with Gasteiger partial charge >= 0.3 is 0 Å². The van der Waals surface area contributed by atoms with Crippen molar-refractivity contribution in [3.05, 3.63) is 51.4 Å². The molecule has 1 aromatic heterocycles. The van der Waals surface area contributed by atoms with E-state index in [1.807, 2.05) is 11.3 Å². The van der Waals surface area contributed by atoms with Crippen molar-refractivity contribution in [2.45, 2.75) is 4.90 Å². The lowest BCUT2D eigenvalue weighted by Crippen LogP contribution is -1.78. The summed E-state index contributed by atoms with van der Waals surface area (Å²) >= 11 is 10.7. The fourth-order valence-electron chi connectivity index (χ4n) is 2.02. The van der Waals surface area contributed by atoms with Gasteiger partial charge in [0, 0.05) is 29.0 Å². The molecule has 0 amide bonds. The minimum atomic E-state index is 1.12. The van der Waals surface area contributed by atoms with Crippen molar-refractivity contribution in [2.75, 3.05) is 6.26 Å². The molecule has 0 fully saturated rings. The number of fused-ring (bicyclic) bond motifs is 1. The van der Waals surface area contributed by atoms with E-state index in [0.29, 0.717) is 0 Å². The van der Waals surface area contributed by atoms with Crippen LogP contribution in [-0.4, -0.2) is 6.26 Å². The summed E-state index contributed by atoms with van der Waals surface area (Å²) in [4.78, 5) is 2.63. The maximum atomic E-state index is 3.57. The fraction of sp³-hybridized carbons (Fsp3) is 0.0667. The van der Waals surface area contributed by atoms with Crippen LogP contribution in [0.5, 0.6) is 0 Å². The molecule has 1 heterocycles. The van der Waals surface area contributed by atoms with Crippen LogP contribution in [0.15, 0.2) is 56.3 Å². The van der Waals surface area contributed by atoms with Gasteiger partial charge in [0.2, 0.25) is 0 Å². The molecule has 3 rings (SSSR count). The Hall–Kier alpha value is -0.290. The number of thioether (sulfide) groups is 1. The summed E-state index contributed by atoms with van der Waals surface area (Å²) in [5.41, 5.74) is 1.30. The second-order valence-corrected chi connectivity index (χ2v) is 7.90. The topological polar surface area (TPSA) is 0 Å². The van der Waals surface area contributed by atoms with Crippen LogP contribution in [0, 0.1) is 0 Å². The smallest absolute Gasteiger partial charge is 0.0366 e. The number of rotatable bonds is 2. The summed E-state index contributed by atoms with van der Waals surface area (Å²) < 4.78 is 3.58. The lowest BCUT2D eigenvalue weighted by Gasteiger charge is -2.05. The first kappa shape index (κ1) is 13.7. The Morgan fingerprint density at radius 3 is 2.47 bits per heavy atom. The molecule has 0 saturated carbocycles. The van der Waals surface area contributed by atoms with E-state index in [-0.39, 0.29) is 0 Å². The van der Waals surface area contributed by atoms with Crippen molar-refractivity contribution in [2.24, 2.45) is 0 Å². The number of thiophene rings is 1. The van der Waals surface area contributed by atoms with Crippen LogP contribution in [0.3, 0.4) is 0 Å². The van der Waals surface area contributed by atoms with Crippen LogP contribution < -0.4 is 0 Å². The quantitative estimate of drug-likeness (QED) is 0.415. The van der Waals surface area contributed by atoms with Gasteiger partial charge in [-0.05, 0) is 54.1 Å². The van der Waals surface area contributed by atoms with E-state index in [2.05, 4.69) is 80.6 Å². The van der Waals surface area contributed by atoms with Gasteiger partial charge in [-0.2, -0.15) is 0 Å². The van der Waals surface area contributed by atoms with Gasteiger partial charge in [0.15, 0.2) is 0 Å². The molecule has 0 nitrogen and oxygen atoms in total.